The summed E-state index contributed by atoms with van der Waals surface area (Å²) in [4.78, 5) is 3.98. The van der Waals surface area contributed by atoms with Gasteiger partial charge in [-0.3, -0.25) is 4.98 Å². The third kappa shape index (κ3) is 3.38. The zero-order valence-electron chi connectivity index (χ0n) is 17.8. The number of nitriles is 1. The minimum atomic E-state index is -3.47. The van der Waals surface area contributed by atoms with E-state index in [9.17, 15) is 32.3 Å². The molecule has 1 heterocycles. The SMILES string of the molecule is N#Cc1cc(F)cc2c1[C@@H](c1ccc(-c3cccnc3CF)c3c1CC(F)(F)[C@H]3O)CC[C@@H]2F. The third-order valence-electron chi connectivity index (χ3n) is 6.85. The number of pyridine rings is 1. The van der Waals surface area contributed by atoms with E-state index in [1.807, 2.05) is 6.07 Å². The molecule has 2 aliphatic carbocycles. The predicted molar refractivity (Wildman–Crippen MR) is 114 cm³/mol. The topological polar surface area (TPSA) is 56.9 Å². The van der Waals surface area contributed by atoms with Gasteiger partial charge in [-0.25, -0.2) is 22.0 Å². The van der Waals surface area contributed by atoms with Crippen molar-refractivity contribution in [1.82, 2.24) is 4.98 Å². The number of aliphatic hydroxyl groups excluding tert-OH is 1. The van der Waals surface area contributed by atoms with Gasteiger partial charge in [0, 0.05) is 24.1 Å². The van der Waals surface area contributed by atoms with E-state index >= 15 is 0 Å². The Kier molecular flexibility index (Phi) is 5.40. The molecule has 1 N–H and O–H groups in total. The fourth-order valence-electron chi connectivity index (χ4n) is 5.39. The van der Waals surface area contributed by atoms with Crippen molar-refractivity contribution in [2.45, 2.75) is 50.1 Å². The molecule has 0 aliphatic heterocycles. The Bertz CT molecular complexity index is 1330. The molecule has 3 nitrogen and oxygen atoms in total. The van der Waals surface area contributed by atoms with E-state index in [1.165, 1.54) is 12.3 Å². The maximum atomic E-state index is 14.8. The van der Waals surface area contributed by atoms with Crippen molar-refractivity contribution in [3.05, 3.63) is 87.5 Å². The monoisotopic (exact) mass is 470 g/mol. The number of aliphatic hydroxyl groups is 1. The highest BCUT2D eigenvalue weighted by Gasteiger charge is 2.50. The van der Waals surface area contributed by atoms with Crippen molar-refractivity contribution < 1.29 is 27.1 Å². The van der Waals surface area contributed by atoms with E-state index in [-0.39, 0.29) is 51.9 Å². The van der Waals surface area contributed by atoms with Gasteiger partial charge < -0.3 is 5.11 Å². The van der Waals surface area contributed by atoms with E-state index < -0.39 is 43.0 Å². The van der Waals surface area contributed by atoms with Crippen LogP contribution >= 0.6 is 0 Å². The van der Waals surface area contributed by atoms with Crippen molar-refractivity contribution in [3.8, 4) is 17.2 Å². The maximum Gasteiger partial charge on any atom is 0.281 e. The number of halogens is 5. The van der Waals surface area contributed by atoms with E-state index in [0.717, 1.165) is 12.1 Å². The number of fused-ring (bicyclic) bond motifs is 2. The fraction of sp³-hybridized carbons (Fsp3) is 0.308. The van der Waals surface area contributed by atoms with E-state index in [2.05, 4.69) is 4.98 Å². The summed E-state index contributed by atoms with van der Waals surface area (Å²) in [6.45, 7) is -0.913. The third-order valence-corrected chi connectivity index (χ3v) is 6.85. The van der Waals surface area contributed by atoms with Crippen LogP contribution in [-0.2, 0) is 13.1 Å². The second kappa shape index (κ2) is 8.17. The van der Waals surface area contributed by atoms with Crippen molar-refractivity contribution in [2.75, 3.05) is 0 Å². The Balaban J connectivity index is 1.76. The molecule has 34 heavy (non-hydrogen) atoms. The summed E-state index contributed by atoms with van der Waals surface area (Å²) in [5.74, 6) is -4.83. The lowest BCUT2D eigenvalue weighted by atomic mass is 9.74. The van der Waals surface area contributed by atoms with Gasteiger partial charge in [-0.2, -0.15) is 5.26 Å². The minimum absolute atomic E-state index is 0.0188. The minimum Gasteiger partial charge on any atom is -0.382 e. The summed E-state index contributed by atoms with van der Waals surface area (Å²) in [6, 6.07) is 10.2. The van der Waals surface area contributed by atoms with Crippen LogP contribution in [0.1, 0.15) is 70.1 Å². The molecule has 174 valence electrons. The standard InChI is InChI=1S/C26H19F5N2O/c27-11-22-16(2-1-7-33-22)18-4-3-15(20-10-26(30,31)25(34)24(18)20)17-5-6-21(29)19-9-14(28)8-13(12-32)23(17)19/h1-4,7-9,17,21,25,34H,5-6,10-11H2/t17-,21+,25+/m1/s1. The molecule has 0 spiro atoms. The number of hydrogen-bond acceptors (Lipinski definition) is 3. The summed E-state index contributed by atoms with van der Waals surface area (Å²) >= 11 is 0. The highest BCUT2D eigenvalue weighted by Crippen LogP contribution is 2.53. The molecule has 3 aromatic rings. The molecule has 0 fully saturated rings. The number of alkyl halides is 4. The van der Waals surface area contributed by atoms with Crippen molar-refractivity contribution in [3.63, 3.8) is 0 Å². The quantitative estimate of drug-likeness (QED) is 0.452. The van der Waals surface area contributed by atoms with Crippen LogP contribution in [0.15, 0.2) is 42.6 Å². The van der Waals surface area contributed by atoms with Gasteiger partial charge in [-0.15, -0.1) is 0 Å². The van der Waals surface area contributed by atoms with Gasteiger partial charge in [0.15, 0.2) is 0 Å². The Labute approximate surface area is 192 Å². The van der Waals surface area contributed by atoms with Gasteiger partial charge in [0.2, 0.25) is 0 Å². The number of nitrogens with zero attached hydrogens (tertiary/aromatic N) is 2. The van der Waals surface area contributed by atoms with Crippen LogP contribution in [-0.4, -0.2) is 16.0 Å². The Morgan fingerprint density at radius 2 is 1.88 bits per heavy atom. The van der Waals surface area contributed by atoms with E-state index in [0.29, 0.717) is 11.1 Å². The van der Waals surface area contributed by atoms with Gasteiger partial charge in [-0.05, 0) is 64.4 Å². The second-order valence-corrected chi connectivity index (χ2v) is 8.73. The summed E-state index contributed by atoms with van der Waals surface area (Å²) in [5, 5.41) is 20.2. The first-order valence-electron chi connectivity index (χ1n) is 10.9. The van der Waals surface area contributed by atoms with Gasteiger partial charge in [0.05, 0.1) is 17.3 Å². The molecule has 2 aromatic carbocycles. The molecular weight excluding hydrogens is 451 g/mol. The number of benzene rings is 2. The highest BCUT2D eigenvalue weighted by atomic mass is 19.3. The molecule has 2 aliphatic rings. The van der Waals surface area contributed by atoms with Crippen LogP contribution in [0.4, 0.5) is 22.0 Å². The van der Waals surface area contributed by atoms with Gasteiger partial charge in [0.25, 0.3) is 5.92 Å². The Morgan fingerprint density at radius 1 is 1.09 bits per heavy atom. The predicted octanol–water partition coefficient (Wildman–Crippen LogP) is 6.39. The van der Waals surface area contributed by atoms with Gasteiger partial charge >= 0.3 is 0 Å². The molecule has 8 heteroatoms. The molecule has 3 atom stereocenters. The van der Waals surface area contributed by atoms with Crippen molar-refractivity contribution in [2.24, 2.45) is 0 Å². The largest absolute Gasteiger partial charge is 0.382 e. The zero-order valence-corrected chi connectivity index (χ0v) is 17.8. The smallest absolute Gasteiger partial charge is 0.281 e. The lowest BCUT2D eigenvalue weighted by Crippen LogP contribution is -2.22. The molecule has 0 radical (unpaired) electrons. The summed E-state index contributed by atoms with van der Waals surface area (Å²) in [6.07, 6.45) is -2.69. The van der Waals surface area contributed by atoms with Crippen LogP contribution in [0.2, 0.25) is 0 Å². The first-order chi connectivity index (χ1) is 16.3. The molecular formula is C26H19F5N2O. The average molecular weight is 470 g/mol. The Hall–Kier alpha value is -3.31. The van der Waals surface area contributed by atoms with E-state index in [1.54, 1.807) is 18.2 Å². The maximum absolute atomic E-state index is 14.8. The average Bonchev–Trinajstić information content (AvgIpc) is 3.07. The summed E-state index contributed by atoms with van der Waals surface area (Å²) in [7, 11) is 0. The van der Waals surface area contributed by atoms with Gasteiger partial charge in [-0.1, -0.05) is 18.2 Å². The lowest BCUT2D eigenvalue weighted by molar-refractivity contribution is -0.0966. The molecule has 1 aromatic heterocycles. The normalized spacial score (nSPS) is 22.7. The molecule has 0 saturated heterocycles. The first kappa shape index (κ1) is 22.5. The highest BCUT2D eigenvalue weighted by molar-refractivity contribution is 5.74. The van der Waals surface area contributed by atoms with Crippen LogP contribution in [0, 0.1) is 17.1 Å². The van der Waals surface area contributed by atoms with Crippen LogP contribution < -0.4 is 0 Å². The first-order valence-corrected chi connectivity index (χ1v) is 10.9. The van der Waals surface area contributed by atoms with Gasteiger partial charge in [0.1, 0.15) is 24.8 Å². The second-order valence-electron chi connectivity index (χ2n) is 8.73. The summed E-state index contributed by atoms with van der Waals surface area (Å²) in [5.41, 5.74) is 1.50. The molecule has 0 unspecified atom stereocenters. The van der Waals surface area contributed by atoms with E-state index in [4.69, 9.17) is 0 Å². The van der Waals surface area contributed by atoms with Crippen LogP contribution in [0.3, 0.4) is 0 Å². The van der Waals surface area contributed by atoms with Crippen LogP contribution in [0.25, 0.3) is 11.1 Å². The van der Waals surface area contributed by atoms with Crippen LogP contribution in [0.5, 0.6) is 0 Å². The molecule has 5 rings (SSSR count). The zero-order chi connectivity index (χ0) is 24.2. The summed E-state index contributed by atoms with van der Waals surface area (Å²) < 4.78 is 72.0. The molecule has 0 saturated carbocycles. The van der Waals surface area contributed by atoms with Crippen molar-refractivity contribution in [1.29, 1.82) is 5.26 Å². The number of aromatic nitrogens is 1. The molecule has 0 amide bonds. The van der Waals surface area contributed by atoms with Crippen molar-refractivity contribution >= 4 is 0 Å². The molecule has 0 bridgehead atoms. The number of hydrogen-bond donors (Lipinski definition) is 1. The fourth-order valence-corrected chi connectivity index (χ4v) is 5.39. The Morgan fingerprint density at radius 3 is 2.62 bits per heavy atom. The number of rotatable bonds is 3. The lowest BCUT2D eigenvalue weighted by Gasteiger charge is -2.31.